The van der Waals surface area contributed by atoms with Crippen LogP contribution in [0.3, 0.4) is 0 Å². The Labute approximate surface area is 122 Å². The molecule has 2 amide bonds. The van der Waals surface area contributed by atoms with Crippen molar-refractivity contribution in [3.05, 3.63) is 23.8 Å². The summed E-state index contributed by atoms with van der Waals surface area (Å²) in [5, 5.41) is 21.4. The molecule has 1 aliphatic rings. The minimum Gasteiger partial charge on any atom is -0.505 e. The summed E-state index contributed by atoms with van der Waals surface area (Å²) in [7, 11) is 1.56. The van der Waals surface area contributed by atoms with Gasteiger partial charge in [0.1, 0.15) is 5.56 Å². The van der Waals surface area contributed by atoms with E-state index in [9.17, 15) is 14.7 Å². The van der Waals surface area contributed by atoms with Crippen molar-refractivity contribution in [2.45, 2.75) is 18.9 Å². The predicted molar refractivity (Wildman–Crippen MR) is 75.7 cm³/mol. The highest BCUT2D eigenvalue weighted by Crippen LogP contribution is 2.30. The first-order valence-corrected chi connectivity index (χ1v) is 6.66. The van der Waals surface area contributed by atoms with E-state index in [1.54, 1.807) is 12.0 Å². The lowest BCUT2D eigenvalue weighted by Crippen LogP contribution is -2.39. The number of carboxylic acid groups (broad SMARTS) is 1. The molecule has 0 aromatic heterocycles. The Morgan fingerprint density at radius 1 is 1.43 bits per heavy atom. The fourth-order valence-electron chi connectivity index (χ4n) is 2.03. The van der Waals surface area contributed by atoms with Gasteiger partial charge < -0.3 is 25.2 Å². The molecule has 0 bridgehead atoms. The molecule has 21 heavy (non-hydrogen) atoms. The monoisotopic (exact) mass is 294 g/mol. The van der Waals surface area contributed by atoms with E-state index in [0.29, 0.717) is 13.2 Å². The molecule has 7 heteroatoms. The fraction of sp³-hybridized carbons (Fsp3) is 0.429. The van der Waals surface area contributed by atoms with Gasteiger partial charge in [-0.1, -0.05) is 6.07 Å². The highest BCUT2D eigenvalue weighted by Gasteiger charge is 2.32. The van der Waals surface area contributed by atoms with E-state index < -0.39 is 11.7 Å². The van der Waals surface area contributed by atoms with Crippen LogP contribution < -0.4 is 5.32 Å². The summed E-state index contributed by atoms with van der Waals surface area (Å²) >= 11 is 0. The number of phenols is 1. The van der Waals surface area contributed by atoms with Gasteiger partial charge in [0.2, 0.25) is 0 Å². The summed E-state index contributed by atoms with van der Waals surface area (Å²) in [6.07, 6.45) is 1.89. The molecule has 1 fully saturated rings. The Hall–Kier alpha value is -2.28. The van der Waals surface area contributed by atoms with Gasteiger partial charge in [-0.3, -0.25) is 0 Å². The average molecular weight is 294 g/mol. The van der Waals surface area contributed by atoms with Gasteiger partial charge in [0.25, 0.3) is 0 Å². The number of carbonyl (C=O) groups excluding carboxylic acids is 1. The third kappa shape index (κ3) is 3.63. The summed E-state index contributed by atoms with van der Waals surface area (Å²) in [5.41, 5.74) is -0.161. The van der Waals surface area contributed by atoms with E-state index in [1.165, 1.54) is 18.2 Å². The molecule has 0 saturated heterocycles. The lowest BCUT2D eigenvalue weighted by Gasteiger charge is -2.22. The molecule has 0 spiro atoms. The van der Waals surface area contributed by atoms with Crippen LogP contribution in [0.15, 0.2) is 18.2 Å². The standard InChI is InChI=1S/C14H18N2O5/c1-21-8-7-16(9-5-6-9)14(20)15-11-4-2-3-10(12(11)17)13(18)19/h2-4,9,17H,5-8H2,1H3,(H,15,20)(H,18,19). The number of rotatable bonds is 6. The number of carbonyl (C=O) groups is 2. The molecule has 0 aliphatic heterocycles. The van der Waals surface area contributed by atoms with Crippen molar-refractivity contribution in [2.24, 2.45) is 0 Å². The van der Waals surface area contributed by atoms with Crippen molar-refractivity contribution in [2.75, 3.05) is 25.6 Å². The largest absolute Gasteiger partial charge is 0.505 e. The Balaban J connectivity index is 2.11. The van der Waals surface area contributed by atoms with E-state index in [0.717, 1.165) is 12.8 Å². The zero-order valence-electron chi connectivity index (χ0n) is 11.7. The number of hydrogen-bond acceptors (Lipinski definition) is 4. The number of benzene rings is 1. The van der Waals surface area contributed by atoms with Crippen molar-refractivity contribution in [3.8, 4) is 5.75 Å². The summed E-state index contributed by atoms with van der Waals surface area (Å²) < 4.78 is 4.98. The molecule has 0 radical (unpaired) electrons. The fourth-order valence-corrected chi connectivity index (χ4v) is 2.03. The zero-order chi connectivity index (χ0) is 15.4. The highest BCUT2D eigenvalue weighted by atomic mass is 16.5. The lowest BCUT2D eigenvalue weighted by molar-refractivity contribution is 0.0693. The molecule has 1 aromatic rings. The predicted octanol–water partition coefficient (Wildman–Crippen LogP) is 1.73. The minimum atomic E-state index is -1.25. The third-order valence-corrected chi connectivity index (χ3v) is 3.29. The molecule has 1 aromatic carbocycles. The number of hydrogen-bond donors (Lipinski definition) is 3. The Bertz CT molecular complexity index is 542. The molecule has 2 rings (SSSR count). The summed E-state index contributed by atoms with van der Waals surface area (Å²) in [4.78, 5) is 24.8. The second kappa shape index (κ2) is 6.45. The van der Waals surface area contributed by atoms with E-state index in [-0.39, 0.29) is 23.3 Å². The number of nitrogens with one attached hydrogen (secondary N) is 1. The van der Waals surface area contributed by atoms with E-state index in [4.69, 9.17) is 9.84 Å². The maximum Gasteiger partial charge on any atom is 0.339 e. The summed E-state index contributed by atoms with van der Waals surface area (Å²) in [5.74, 6) is -1.69. The van der Waals surface area contributed by atoms with Gasteiger partial charge in [0, 0.05) is 19.7 Å². The van der Waals surface area contributed by atoms with Crippen LogP contribution in [0.1, 0.15) is 23.2 Å². The Morgan fingerprint density at radius 2 is 2.14 bits per heavy atom. The number of amides is 2. The molecule has 0 unspecified atom stereocenters. The number of para-hydroxylation sites is 1. The van der Waals surface area contributed by atoms with Gasteiger partial charge in [-0.25, -0.2) is 9.59 Å². The van der Waals surface area contributed by atoms with Gasteiger partial charge in [-0.2, -0.15) is 0 Å². The number of anilines is 1. The molecule has 0 heterocycles. The highest BCUT2D eigenvalue weighted by molar-refractivity contribution is 5.97. The van der Waals surface area contributed by atoms with Crippen molar-refractivity contribution >= 4 is 17.7 Å². The van der Waals surface area contributed by atoms with Gasteiger partial charge >= 0.3 is 12.0 Å². The molecule has 114 valence electrons. The number of methoxy groups -OCH3 is 1. The number of ether oxygens (including phenoxy) is 1. The number of nitrogens with zero attached hydrogens (tertiary/aromatic N) is 1. The molecular weight excluding hydrogens is 276 g/mol. The van der Waals surface area contributed by atoms with Crippen LogP contribution in [-0.2, 0) is 4.74 Å². The molecule has 0 atom stereocenters. The topological polar surface area (TPSA) is 99.1 Å². The molecule has 1 saturated carbocycles. The number of aromatic carboxylic acids is 1. The number of aromatic hydroxyl groups is 1. The molecule has 1 aliphatic carbocycles. The average Bonchev–Trinajstić information content (AvgIpc) is 3.26. The molecule has 7 nitrogen and oxygen atoms in total. The molecule has 3 N–H and O–H groups in total. The maximum atomic E-state index is 12.2. The van der Waals surface area contributed by atoms with Crippen LogP contribution in [0.4, 0.5) is 10.5 Å². The van der Waals surface area contributed by atoms with Crippen LogP contribution in [-0.4, -0.2) is 53.4 Å². The van der Waals surface area contributed by atoms with Gasteiger partial charge in [-0.15, -0.1) is 0 Å². The first-order valence-electron chi connectivity index (χ1n) is 6.66. The molecular formula is C14H18N2O5. The van der Waals surface area contributed by atoms with Crippen LogP contribution in [0, 0.1) is 0 Å². The van der Waals surface area contributed by atoms with Crippen molar-refractivity contribution < 1.29 is 24.5 Å². The van der Waals surface area contributed by atoms with Crippen molar-refractivity contribution in [1.82, 2.24) is 4.90 Å². The van der Waals surface area contributed by atoms with Gasteiger partial charge in [0.15, 0.2) is 5.75 Å². The quantitative estimate of drug-likeness (QED) is 0.694. The third-order valence-electron chi connectivity index (χ3n) is 3.29. The zero-order valence-corrected chi connectivity index (χ0v) is 11.7. The van der Waals surface area contributed by atoms with E-state index in [2.05, 4.69) is 5.32 Å². The second-order valence-electron chi connectivity index (χ2n) is 4.85. The van der Waals surface area contributed by atoms with Gasteiger partial charge in [-0.05, 0) is 25.0 Å². The van der Waals surface area contributed by atoms with Gasteiger partial charge in [0.05, 0.1) is 12.3 Å². The normalized spacial score (nSPS) is 13.8. The van der Waals surface area contributed by atoms with Crippen LogP contribution >= 0.6 is 0 Å². The first-order chi connectivity index (χ1) is 10.0. The lowest BCUT2D eigenvalue weighted by atomic mass is 10.1. The van der Waals surface area contributed by atoms with E-state index >= 15 is 0 Å². The summed E-state index contributed by atoms with van der Waals surface area (Å²) in [6.45, 7) is 0.872. The SMILES string of the molecule is COCCN(C(=O)Nc1cccc(C(=O)O)c1O)C1CC1. The van der Waals surface area contributed by atoms with Crippen LogP contribution in [0.25, 0.3) is 0 Å². The van der Waals surface area contributed by atoms with Crippen molar-refractivity contribution in [1.29, 1.82) is 0 Å². The van der Waals surface area contributed by atoms with E-state index in [1.807, 2.05) is 0 Å². The second-order valence-corrected chi connectivity index (χ2v) is 4.85. The van der Waals surface area contributed by atoms with Crippen LogP contribution in [0.2, 0.25) is 0 Å². The summed E-state index contributed by atoms with van der Waals surface area (Å²) in [6, 6.07) is 4.02. The minimum absolute atomic E-state index is 0.0861. The van der Waals surface area contributed by atoms with Crippen LogP contribution in [0.5, 0.6) is 5.75 Å². The Morgan fingerprint density at radius 3 is 2.71 bits per heavy atom. The maximum absolute atomic E-state index is 12.2. The first kappa shape index (κ1) is 15.1. The smallest absolute Gasteiger partial charge is 0.339 e. The van der Waals surface area contributed by atoms with Crippen molar-refractivity contribution in [3.63, 3.8) is 0 Å². The number of carboxylic acids is 1. The number of urea groups is 1. The Kier molecular flexibility index (Phi) is 4.64.